The summed E-state index contributed by atoms with van der Waals surface area (Å²) in [5.74, 6) is -0.0497. The number of nitrogens with zero attached hydrogens (tertiary/aromatic N) is 1. The lowest BCUT2D eigenvalue weighted by atomic mass is 9.87. The summed E-state index contributed by atoms with van der Waals surface area (Å²) in [6.45, 7) is 3.77. The van der Waals surface area contributed by atoms with E-state index in [0.717, 1.165) is 11.1 Å². The van der Waals surface area contributed by atoms with E-state index in [2.05, 4.69) is 4.99 Å². The molecule has 0 spiro atoms. The summed E-state index contributed by atoms with van der Waals surface area (Å²) in [6.07, 6.45) is 3.94. The quantitative estimate of drug-likeness (QED) is 0.754. The van der Waals surface area contributed by atoms with Crippen LogP contribution in [0, 0.1) is 5.92 Å². The van der Waals surface area contributed by atoms with E-state index in [4.69, 9.17) is 16.3 Å². The van der Waals surface area contributed by atoms with Gasteiger partial charge in [0.15, 0.2) is 5.54 Å². The SMILES string of the molecule is CC(/C=C/c1ccc(Cl)cc1)[C@@]1(C)N=C(c2ccccc2)OC1=O. The highest BCUT2D eigenvalue weighted by Crippen LogP contribution is 2.31. The molecule has 2 aromatic rings. The van der Waals surface area contributed by atoms with Gasteiger partial charge in [0.2, 0.25) is 5.90 Å². The first kappa shape index (κ1) is 16.5. The maximum atomic E-state index is 12.4. The topological polar surface area (TPSA) is 38.7 Å². The minimum Gasteiger partial charge on any atom is -0.405 e. The van der Waals surface area contributed by atoms with E-state index in [1.54, 1.807) is 0 Å². The maximum Gasteiger partial charge on any atom is 0.341 e. The van der Waals surface area contributed by atoms with Crippen LogP contribution in [0.25, 0.3) is 6.08 Å². The third-order valence-electron chi connectivity index (χ3n) is 4.29. The number of benzene rings is 2. The number of carbonyl (C=O) groups excluding carboxylic acids is 1. The lowest BCUT2D eigenvalue weighted by Crippen LogP contribution is -2.36. The Bertz CT molecular complexity index is 796. The Morgan fingerprint density at radius 3 is 2.46 bits per heavy atom. The largest absolute Gasteiger partial charge is 0.405 e. The van der Waals surface area contributed by atoms with Gasteiger partial charge in [0.25, 0.3) is 0 Å². The second-order valence-electron chi connectivity index (χ2n) is 6.02. The van der Waals surface area contributed by atoms with Gasteiger partial charge >= 0.3 is 5.97 Å². The van der Waals surface area contributed by atoms with E-state index in [9.17, 15) is 4.79 Å². The van der Waals surface area contributed by atoms with E-state index >= 15 is 0 Å². The number of ether oxygens (including phenoxy) is 1. The summed E-state index contributed by atoms with van der Waals surface area (Å²) in [4.78, 5) is 17.0. The number of hydrogen-bond acceptors (Lipinski definition) is 3. The van der Waals surface area contributed by atoms with Crippen molar-refractivity contribution in [1.82, 2.24) is 0 Å². The minimum absolute atomic E-state index is 0.109. The normalized spacial score (nSPS) is 21.6. The van der Waals surface area contributed by atoms with Crippen molar-refractivity contribution in [2.24, 2.45) is 10.9 Å². The van der Waals surface area contributed by atoms with Crippen LogP contribution in [0.3, 0.4) is 0 Å². The van der Waals surface area contributed by atoms with Gasteiger partial charge in [0.05, 0.1) is 0 Å². The fraction of sp³-hybridized carbons (Fsp3) is 0.200. The van der Waals surface area contributed by atoms with Gasteiger partial charge < -0.3 is 4.74 Å². The molecule has 3 nitrogen and oxygen atoms in total. The van der Waals surface area contributed by atoms with Crippen LogP contribution < -0.4 is 0 Å². The van der Waals surface area contributed by atoms with Crippen LogP contribution in [0.15, 0.2) is 65.7 Å². The van der Waals surface area contributed by atoms with Gasteiger partial charge in [-0.15, -0.1) is 0 Å². The molecule has 1 aliphatic heterocycles. The zero-order valence-electron chi connectivity index (χ0n) is 13.6. The van der Waals surface area contributed by atoms with Crippen LogP contribution in [0.1, 0.15) is 25.0 Å². The highest BCUT2D eigenvalue weighted by molar-refractivity contribution is 6.30. The molecule has 122 valence electrons. The summed E-state index contributed by atoms with van der Waals surface area (Å²) < 4.78 is 5.41. The lowest BCUT2D eigenvalue weighted by Gasteiger charge is -2.21. The Morgan fingerprint density at radius 2 is 1.79 bits per heavy atom. The summed E-state index contributed by atoms with van der Waals surface area (Å²) in [6, 6.07) is 17.0. The minimum atomic E-state index is -0.923. The number of esters is 1. The molecule has 2 atom stereocenters. The smallest absolute Gasteiger partial charge is 0.341 e. The van der Waals surface area contributed by atoms with Crippen LogP contribution in [-0.2, 0) is 9.53 Å². The zero-order chi connectivity index (χ0) is 17.2. The van der Waals surface area contributed by atoms with Gasteiger partial charge in [-0.1, -0.05) is 61.0 Å². The van der Waals surface area contributed by atoms with Crippen LogP contribution in [0.2, 0.25) is 5.02 Å². The molecule has 4 heteroatoms. The molecule has 0 aliphatic carbocycles. The molecule has 24 heavy (non-hydrogen) atoms. The monoisotopic (exact) mass is 339 g/mol. The van der Waals surface area contributed by atoms with Crippen molar-refractivity contribution < 1.29 is 9.53 Å². The Balaban J connectivity index is 1.82. The van der Waals surface area contributed by atoms with Gasteiger partial charge in [0.1, 0.15) is 0 Å². The van der Waals surface area contributed by atoms with Crippen molar-refractivity contribution >= 4 is 29.5 Å². The number of aliphatic imine (C=N–C) groups is 1. The van der Waals surface area contributed by atoms with Crippen molar-refractivity contribution in [3.8, 4) is 0 Å². The highest BCUT2D eigenvalue weighted by atomic mass is 35.5. The average molecular weight is 340 g/mol. The number of halogens is 1. The third-order valence-corrected chi connectivity index (χ3v) is 4.54. The Labute approximate surface area is 146 Å². The standard InChI is InChI=1S/C20H18ClNO2/c1-14(8-9-15-10-12-17(21)13-11-15)20(2)19(23)24-18(22-20)16-6-4-3-5-7-16/h3-14H,1-2H3/b9-8+/t14?,20-/m1/s1. The first-order valence-electron chi connectivity index (χ1n) is 7.80. The molecule has 3 rings (SSSR count). The summed E-state index contributed by atoms with van der Waals surface area (Å²) in [5, 5.41) is 0.698. The van der Waals surface area contributed by atoms with Crippen LogP contribution >= 0.6 is 11.6 Å². The second kappa shape index (κ2) is 6.62. The molecule has 1 heterocycles. The summed E-state index contributed by atoms with van der Waals surface area (Å²) >= 11 is 5.89. The molecule has 1 unspecified atom stereocenters. The summed E-state index contributed by atoms with van der Waals surface area (Å²) in [5.41, 5.74) is 0.908. The van der Waals surface area contributed by atoms with Gasteiger partial charge in [-0.25, -0.2) is 9.79 Å². The van der Waals surface area contributed by atoms with E-state index < -0.39 is 5.54 Å². The number of rotatable bonds is 4. The molecule has 0 N–H and O–H groups in total. The second-order valence-corrected chi connectivity index (χ2v) is 6.46. The molecule has 0 radical (unpaired) electrons. The molecule has 0 fully saturated rings. The van der Waals surface area contributed by atoms with E-state index in [-0.39, 0.29) is 11.9 Å². The Morgan fingerprint density at radius 1 is 1.12 bits per heavy atom. The Hall–Kier alpha value is -2.39. The molecular formula is C20H18ClNO2. The zero-order valence-corrected chi connectivity index (χ0v) is 14.3. The lowest BCUT2D eigenvalue weighted by molar-refractivity contribution is -0.139. The molecule has 1 aliphatic rings. The number of cyclic esters (lactones) is 1. The molecule has 0 saturated carbocycles. The predicted octanol–water partition coefficient (Wildman–Crippen LogP) is 4.75. The van der Waals surface area contributed by atoms with Crippen LogP contribution in [0.5, 0.6) is 0 Å². The van der Waals surface area contributed by atoms with Crippen LogP contribution in [0.4, 0.5) is 0 Å². The first-order chi connectivity index (χ1) is 11.5. The van der Waals surface area contributed by atoms with E-state index in [0.29, 0.717) is 10.9 Å². The fourth-order valence-corrected chi connectivity index (χ4v) is 2.61. The van der Waals surface area contributed by atoms with Crippen molar-refractivity contribution in [1.29, 1.82) is 0 Å². The van der Waals surface area contributed by atoms with Crippen LogP contribution in [-0.4, -0.2) is 17.4 Å². The molecule has 0 saturated heterocycles. The number of hydrogen-bond donors (Lipinski definition) is 0. The van der Waals surface area contributed by atoms with E-state index in [1.807, 2.05) is 80.6 Å². The molecule has 0 aromatic heterocycles. The Kier molecular flexibility index (Phi) is 4.54. The number of carbonyl (C=O) groups is 1. The molecular weight excluding hydrogens is 322 g/mol. The molecule has 0 bridgehead atoms. The van der Waals surface area contributed by atoms with Gasteiger partial charge in [-0.3, -0.25) is 0 Å². The summed E-state index contributed by atoms with van der Waals surface area (Å²) in [7, 11) is 0. The van der Waals surface area contributed by atoms with Gasteiger partial charge in [0, 0.05) is 16.5 Å². The fourth-order valence-electron chi connectivity index (χ4n) is 2.48. The van der Waals surface area contributed by atoms with Crippen molar-refractivity contribution in [3.63, 3.8) is 0 Å². The van der Waals surface area contributed by atoms with Crippen molar-refractivity contribution in [3.05, 3.63) is 76.8 Å². The third kappa shape index (κ3) is 3.26. The molecule has 2 aromatic carbocycles. The average Bonchev–Trinajstić information content (AvgIpc) is 2.91. The highest BCUT2D eigenvalue weighted by Gasteiger charge is 2.45. The van der Waals surface area contributed by atoms with E-state index in [1.165, 1.54) is 0 Å². The first-order valence-corrected chi connectivity index (χ1v) is 8.18. The van der Waals surface area contributed by atoms with Crippen molar-refractivity contribution in [2.75, 3.05) is 0 Å². The molecule has 0 amide bonds. The van der Waals surface area contributed by atoms with Gasteiger partial charge in [-0.2, -0.15) is 0 Å². The van der Waals surface area contributed by atoms with Crippen molar-refractivity contribution in [2.45, 2.75) is 19.4 Å². The predicted molar refractivity (Wildman–Crippen MR) is 97.1 cm³/mol. The van der Waals surface area contributed by atoms with Gasteiger partial charge in [-0.05, 0) is 36.8 Å². The maximum absolute atomic E-state index is 12.4.